The molecule has 0 aliphatic carbocycles. The molecule has 0 saturated heterocycles. The van der Waals surface area contributed by atoms with Gasteiger partial charge in [-0.25, -0.2) is 0 Å². The van der Waals surface area contributed by atoms with Crippen LogP contribution in [0.4, 0.5) is 19.0 Å². The van der Waals surface area contributed by atoms with Crippen LogP contribution in [0.2, 0.25) is 0 Å². The zero-order chi connectivity index (χ0) is 14.6. The number of nitrogens with zero attached hydrogens (tertiary/aromatic N) is 2. The third kappa shape index (κ3) is 3.67. The van der Waals surface area contributed by atoms with E-state index in [0.29, 0.717) is 5.56 Å². The van der Waals surface area contributed by atoms with Gasteiger partial charge in [0.1, 0.15) is 5.82 Å². The lowest BCUT2D eigenvalue weighted by molar-refractivity contribution is -0.141. The number of aliphatic hydroxyl groups excluding tert-OH is 1. The van der Waals surface area contributed by atoms with E-state index in [-0.39, 0.29) is 12.4 Å². The average Bonchev–Trinajstić information content (AvgIpc) is 2.45. The van der Waals surface area contributed by atoms with Crippen molar-refractivity contribution in [1.29, 1.82) is 0 Å². The van der Waals surface area contributed by atoms with E-state index in [9.17, 15) is 18.3 Å². The van der Waals surface area contributed by atoms with Crippen molar-refractivity contribution in [3.8, 4) is 0 Å². The fourth-order valence-corrected chi connectivity index (χ4v) is 1.57. The Morgan fingerprint density at radius 3 is 2.30 bits per heavy atom. The van der Waals surface area contributed by atoms with Crippen LogP contribution in [0.25, 0.3) is 0 Å². The van der Waals surface area contributed by atoms with Gasteiger partial charge in [-0.3, -0.25) is 0 Å². The van der Waals surface area contributed by atoms with E-state index in [1.54, 1.807) is 24.3 Å². The number of nitrogens with one attached hydrogen (secondary N) is 1. The van der Waals surface area contributed by atoms with Crippen molar-refractivity contribution in [2.24, 2.45) is 0 Å². The Labute approximate surface area is 113 Å². The van der Waals surface area contributed by atoms with Crippen LogP contribution in [0.3, 0.4) is 0 Å². The highest BCUT2D eigenvalue weighted by molar-refractivity contribution is 5.34. The molecule has 1 atom stereocenters. The lowest BCUT2D eigenvalue weighted by Gasteiger charge is -2.12. The van der Waals surface area contributed by atoms with Crippen LogP contribution < -0.4 is 5.32 Å². The molecule has 1 unspecified atom stereocenters. The summed E-state index contributed by atoms with van der Waals surface area (Å²) in [6.45, 7) is 0.129. The van der Waals surface area contributed by atoms with Gasteiger partial charge in [0, 0.05) is 6.54 Å². The molecule has 7 heteroatoms. The maximum atomic E-state index is 12.3. The van der Waals surface area contributed by atoms with Crippen molar-refractivity contribution in [1.82, 2.24) is 10.2 Å². The highest BCUT2D eigenvalue weighted by atomic mass is 19.4. The first-order valence-corrected chi connectivity index (χ1v) is 5.84. The Morgan fingerprint density at radius 1 is 1.05 bits per heavy atom. The predicted octanol–water partition coefficient (Wildman–Crippen LogP) is 2.64. The van der Waals surface area contributed by atoms with E-state index in [0.717, 1.165) is 6.07 Å². The summed E-state index contributed by atoms with van der Waals surface area (Å²) < 4.78 is 36.9. The topological polar surface area (TPSA) is 58.0 Å². The molecule has 0 radical (unpaired) electrons. The number of aliphatic hydroxyl groups is 1. The first-order chi connectivity index (χ1) is 9.47. The van der Waals surface area contributed by atoms with E-state index in [1.807, 2.05) is 6.07 Å². The maximum absolute atomic E-state index is 12.3. The highest BCUT2D eigenvalue weighted by Gasteiger charge is 2.32. The third-order valence-corrected chi connectivity index (χ3v) is 2.62. The van der Waals surface area contributed by atoms with Crippen LogP contribution in [0.5, 0.6) is 0 Å². The van der Waals surface area contributed by atoms with E-state index >= 15 is 0 Å². The van der Waals surface area contributed by atoms with E-state index in [1.165, 1.54) is 6.07 Å². The molecule has 0 saturated carbocycles. The monoisotopic (exact) mass is 283 g/mol. The average molecular weight is 283 g/mol. The Bertz CT molecular complexity index is 543. The third-order valence-electron chi connectivity index (χ3n) is 2.62. The summed E-state index contributed by atoms with van der Waals surface area (Å²) in [4.78, 5) is 0. The number of hydrogen-bond acceptors (Lipinski definition) is 4. The summed E-state index contributed by atoms with van der Waals surface area (Å²) in [5, 5.41) is 19.1. The summed E-state index contributed by atoms with van der Waals surface area (Å²) >= 11 is 0. The molecule has 2 rings (SSSR count). The number of anilines is 1. The number of rotatable bonds is 4. The van der Waals surface area contributed by atoms with Gasteiger partial charge in [-0.2, -0.15) is 13.2 Å². The van der Waals surface area contributed by atoms with Crippen molar-refractivity contribution >= 4 is 5.82 Å². The maximum Gasteiger partial charge on any atom is 0.435 e. The van der Waals surface area contributed by atoms with Gasteiger partial charge in [-0.1, -0.05) is 30.3 Å². The zero-order valence-electron chi connectivity index (χ0n) is 10.3. The van der Waals surface area contributed by atoms with Crippen molar-refractivity contribution in [2.75, 3.05) is 11.9 Å². The molecule has 1 heterocycles. The predicted molar refractivity (Wildman–Crippen MR) is 66.9 cm³/mol. The van der Waals surface area contributed by atoms with Gasteiger partial charge < -0.3 is 10.4 Å². The van der Waals surface area contributed by atoms with Gasteiger partial charge >= 0.3 is 6.18 Å². The summed E-state index contributed by atoms with van der Waals surface area (Å²) in [5.74, 6) is 0.174. The van der Waals surface area contributed by atoms with Crippen LogP contribution in [-0.2, 0) is 6.18 Å². The van der Waals surface area contributed by atoms with Crippen LogP contribution in [-0.4, -0.2) is 21.8 Å². The molecule has 1 aromatic heterocycles. The molecule has 0 bridgehead atoms. The molecule has 20 heavy (non-hydrogen) atoms. The second kappa shape index (κ2) is 5.87. The SMILES string of the molecule is OC(CNc1ccc(C(F)(F)F)nn1)c1ccccc1. The van der Waals surface area contributed by atoms with Gasteiger partial charge in [-0.15, -0.1) is 10.2 Å². The van der Waals surface area contributed by atoms with Gasteiger partial charge in [-0.05, 0) is 17.7 Å². The Kier molecular flexibility index (Phi) is 4.19. The quantitative estimate of drug-likeness (QED) is 0.905. The number of halogens is 3. The van der Waals surface area contributed by atoms with Gasteiger partial charge in [0.2, 0.25) is 0 Å². The fourth-order valence-electron chi connectivity index (χ4n) is 1.57. The molecule has 4 nitrogen and oxygen atoms in total. The first kappa shape index (κ1) is 14.3. The summed E-state index contributed by atoms with van der Waals surface area (Å²) in [5.41, 5.74) is -0.341. The second-order valence-electron chi connectivity index (χ2n) is 4.11. The van der Waals surface area contributed by atoms with Crippen LogP contribution in [0, 0.1) is 0 Å². The highest BCUT2D eigenvalue weighted by Crippen LogP contribution is 2.27. The molecule has 0 aliphatic rings. The molecule has 106 valence electrons. The molecule has 2 N–H and O–H groups in total. The number of hydrogen-bond donors (Lipinski definition) is 2. The van der Waals surface area contributed by atoms with Gasteiger partial charge in [0.05, 0.1) is 6.10 Å². The molecule has 2 aromatic rings. The lowest BCUT2D eigenvalue weighted by atomic mass is 10.1. The van der Waals surface area contributed by atoms with E-state index in [2.05, 4.69) is 15.5 Å². The number of benzene rings is 1. The summed E-state index contributed by atoms with van der Waals surface area (Å²) in [6.07, 6.45) is -5.28. The molecular weight excluding hydrogens is 271 g/mol. The van der Waals surface area contributed by atoms with Crippen molar-refractivity contribution in [3.63, 3.8) is 0 Å². The standard InChI is InChI=1S/C13H12F3N3O/c14-13(15,16)11-6-7-12(19-18-11)17-8-10(20)9-4-2-1-3-5-9/h1-7,10,20H,8H2,(H,17,19). The van der Waals surface area contributed by atoms with Crippen molar-refractivity contribution < 1.29 is 18.3 Å². The summed E-state index contributed by atoms with van der Waals surface area (Å²) in [6, 6.07) is 10.9. The molecule has 0 fully saturated rings. The number of alkyl halides is 3. The summed E-state index contributed by atoms with van der Waals surface area (Å²) in [7, 11) is 0. The minimum Gasteiger partial charge on any atom is -0.387 e. The Hall–Kier alpha value is -2.15. The molecule has 0 spiro atoms. The minimum absolute atomic E-state index is 0.129. The fraction of sp³-hybridized carbons (Fsp3) is 0.231. The molecular formula is C13H12F3N3O. The smallest absolute Gasteiger partial charge is 0.387 e. The van der Waals surface area contributed by atoms with Crippen LogP contribution in [0.1, 0.15) is 17.4 Å². The van der Waals surface area contributed by atoms with Crippen molar-refractivity contribution in [3.05, 3.63) is 53.7 Å². The lowest BCUT2D eigenvalue weighted by Crippen LogP contribution is -2.14. The normalized spacial score (nSPS) is 13.0. The number of aromatic nitrogens is 2. The molecule has 0 amide bonds. The van der Waals surface area contributed by atoms with E-state index in [4.69, 9.17) is 0 Å². The second-order valence-corrected chi connectivity index (χ2v) is 4.11. The van der Waals surface area contributed by atoms with Crippen LogP contribution >= 0.6 is 0 Å². The Morgan fingerprint density at radius 2 is 1.75 bits per heavy atom. The molecule has 1 aromatic carbocycles. The molecule has 0 aliphatic heterocycles. The zero-order valence-corrected chi connectivity index (χ0v) is 10.3. The van der Waals surface area contributed by atoms with Gasteiger partial charge in [0.15, 0.2) is 5.69 Å². The Balaban J connectivity index is 1.94. The largest absolute Gasteiger partial charge is 0.435 e. The van der Waals surface area contributed by atoms with Gasteiger partial charge in [0.25, 0.3) is 0 Å². The first-order valence-electron chi connectivity index (χ1n) is 5.84. The minimum atomic E-state index is -4.50. The van der Waals surface area contributed by atoms with Crippen LogP contribution in [0.15, 0.2) is 42.5 Å². The van der Waals surface area contributed by atoms with Crippen molar-refractivity contribution in [2.45, 2.75) is 12.3 Å². The van der Waals surface area contributed by atoms with E-state index < -0.39 is 18.0 Å².